The van der Waals surface area contributed by atoms with Gasteiger partial charge in [-0.05, 0) is 17.9 Å². The zero-order chi connectivity index (χ0) is 13.3. The van der Waals surface area contributed by atoms with Crippen molar-refractivity contribution in [2.24, 2.45) is 0 Å². The monoisotopic (exact) mass is 266 g/mol. The van der Waals surface area contributed by atoms with E-state index in [4.69, 9.17) is 9.63 Å². The lowest BCUT2D eigenvalue weighted by Crippen LogP contribution is -2.32. The van der Waals surface area contributed by atoms with E-state index >= 15 is 0 Å². The fourth-order valence-corrected chi connectivity index (χ4v) is 1.65. The Morgan fingerprint density at radius 1 is 1.41 bits per heavy atom. The van der Waals surface area contributed by atoms with Crippen LogP contribution >= 0.6 is 8.03 Å². The average molecular weight is 266 g/mol. The molecule has 0 aliphatic rings. The molecule has 98 valence electrons. The van der Waals surface area contributed by atoms with Crippen LogP contribution in [0.1, 0.15) is 19.8 Å². The summed E-state index contributed by atoms with van der Waals surface area (Å²) in [5.74, 6) is -0.387. The largest absolute Gasteiger partial charge is 0.527 e. The number of carbonyl (C=O) groups is 2. The van der Waals surface area contributed by atoms with Crippen LogP contribution < -0.4 is 0 Å². The fourth-order valence-electron chi connectivity index (χ4n) is 1.10. The van der Waals surface area contributed by atoms with Crippen LogP contribution in [0.2, 0.25) is 0 Å². The second kappa shape index (κ2) is 8.90. The highest BCUT2D eigenvalue weighted by Crippen LogP contribution is 2.16. The summed E-state index contributed by atoms with van der Waals surface area (Å²) in [5.41, 5.74) is 0. The minimum Gasteiger partial charge on any atom is -0.469 e. The first kappa shape index (κ1) is 15.8. The molecule has 1 unspecified atom stereocenters. The van der Waals surface area contributed by atoms with E-state index in [-0.39, 0.29) is 31.8 Å². The van der Waals surface area contributed by atoms with Crippen molar-refractivity contribution >= 4 is 20.1 Å². The van der Waals surface area contributed by atoms with Gasteiger partial charge in [-0.3, -0.25) is 9.69 Å². The van der Waals surface area contributed by atoms with Gasteiger partial charge >= 0.3 is 20.1 Å². The van der Waals surface area contributed by atoms with E-state index in [0.29, 0.717) is 6.42 Å². The molecule has 0 rings (SSSR count). The van der Waals surface area contributed by atoms with Gasteiger partial charge in [0, 0.05) is 13.0 Å². The van der Waals surface area contributed by atoms with Crippen LogP contribution in [0.25, 0.3) is 0 Å². The highest BCUT2D eigenvalue weighted by molar-refractivity contribution is 7.37. The maximum Gasteiger partial charge on any atom is 0.527 e. The second-order valence-electron chi connectivity index (χ2n) is 3.14. The minimum atomic E-state index is -2.46. The van der Waals surface area contributed by atoms with E-state index in [1.807, 2.05) is 0 Å². The molecule has 7 nitrogen and oxygen atoms in total. The van der Waals surface area contributed by atoms with Crippen LogP contribution in [-0.4, -0.2) is 48.4 Å². The van der Waals surface area contributed by atoms with E-state index in [1.54, 1.807) is 6.92 Å². The quantitative estimate of drug-likeness (QED) is 0.547. The molecule has 0 aromatic rings. The summed E-state index contributed by atoms with van der Waals surface area (Å²) in [6.45, 7) is 2.01. The number of ether oxygens (including phenoxy) is 2. The predicted octanol–water partition coefficient (Wildman–Crippen LogP) is 1.09. The van der Waals surface area contributed by atoms with Gasteiger partial charge in [0.1, 0.15) is 0 Å². The van der Waals surface area contributed by atoms with Gasteiger partial charge in [-0.25, -0.2) is 4.79 Å². The van der Waals surface area contributed by atoms with Crippen molar-refractivity contribution < 1.29 is 28.5 Å². The van der Waals surface area contributed by atoms with Gasteiger partial charge in [0.05, 0.1) is 13.7 Å². The van der Waals surface area contributed by atoms with Crippen molar-refractivity contribution in [2.45, 2.75) is 19.8 Å². The smallest absolute Gasteiger partial charge is 0.469 e. The zero-order valence-corrected chi connectivity index (χ0v) is 10.8. The SMILES string of the molecule is CCOC(=O)N(CCCC(=O)OC)C[P+](=O)O. The molecule has 0 aliphatic carbocycles. The number of methoxy groups -OCH3 is 1. The molecule has 0 aliphatic heterocycles. The minimum absolute atomic E-state index is 0.147. The zero-order valence-electron chi connectivity index (χ0n) is 9.92. The number of amides is 1. The van der Waals surface area contributed by atoms with Gasteiger partial charge in [-0.1, -0.05) is 0 Å². The summed E-state index contributed by atoms with van der Waals surface area (Å²) in [4.78, 5) is 32.1. The number of esters is 1. The third kappa shape index (κ3) is 7.65. The van der Waals surface area contributed by atoms with E-state index in [2.05, 4.69) is 4.74 Å². The summed E-state index contributed by atoms with van der Waals surface area (Å²) >= 11 is 0. The molecule has 0 spiro atoms. The van der Waals surface area contributed by atoms with Crippen LogP contribution in [-0.2, 0) is 18.8 Å². The van der Waals surface area contributed by atoms with Crippen LogP contribution in [0.15, 0.2) is 0 Å². The molecule has 0 radical (unpaired) electrons. The second-order valence-corrected chi connectivity index (χ2v) is 4.12. The molecular weight excluding hydrogens is 249 g/mol. The molecule has 0 bridgehead atoms. The molecule has 17 heavy (non-hydrogen) atoms. The Kier molecular flexibility index (Phi) is 8.27. The lowest BCUT2D eigenvalue weighted by atomic mass is 10.3. The van der Waals surface area contributed by atoms with E-state index in [1.165, 1.54) is 7.11 Å². The number of nitrogens with zero attached hydrogens (tertiary/aromatic N) is 1. The number of carbonyl (C=O) groups excluding carboxylic acids is 2. The van der Waals surface area contributed by atoms with Crippen molar-refractivity contribution in [1.29, 1.82) is 0 Å². The maximum absolute atomic E-state index is 11.4. The first-order valence-electron chi connectivity index (χ1n) is 5.13. The molecule has 0 aromatic heterocycles. The van der Waals surface area contributed by atoms with Crippen LogP contribution in [0.3, 0.4) is 0 Å². The molecule has 8 heteroatoms. The third-order valence-electron chi connectivity index (χ3n) is 1.85. The maximum atomic E-state index is 11.4. The Bertz CT molecular complexity index is 283. The van der Waals surface area contributed by atoms with Crippen LogP contribution in [0.5, 0.6) is 0 Å². The van der Waals surface area contributed by atoms with Crippen molar-refractivity contribution in [3.63, 3.8) is 0 Å². The highest BCUT2D eigenvalue weighted by atomic mass is 31.1. The number of hydrogen-bond donors (Lipinski definition) is 1. The molecule has 0 fully saturated rings. The van der Waals surface area contributed by atoms with Gasteiger partial charge in [0.25, 0.3) is 6.29 Å². The lowest BCUT2D eigenvalue weighted by molar-refractivity contribution is -0.140. The van der Waals surface area contributed by atoms with Crippen molar-refractivity contribution in [2.75, 3.05) is 26.5 Å². The lowest BCUT2D eigenvalue weighted by Gasteiger charge is -2.15. The molecule has 0 aromatic carbocycles. The Morgan fingerprint density at radius 2 is 2.06 bits per heavy atom. The van der Waals surface area contributed by atoms with Crippen LogP contribution in [0.4, 0.5) is 4.79 Å². The Morgan fingerprint density at radius 3 is 2.53 bits per heavy atom. The normalized spacial score (nSPS) is 10.6. The van der Waals surface area contributed by atoms with Gasteiger partial charge in [-0.2, -0.15) is 4.89 Å². The molecule has 0 heterocycles. The molecule has 1 atom stereocenters. The van der Waals surface area contributed by atoms with Gasteiger partial charge < -0.3 is 9.47 Å². The van der Waals surface area contributed by atoms with Gasteiger partial charge in [-0.15, -0.1) is 0 Å². The Labute approximate surface area is 101 Å². The average Bonchev–Trinajstić information content (AvgIpc) is 2.27. The molecule has 0 saturated carbocycles. The Balaban J connectivity index is 4.14. The third-order valence-corrected chi connectivity index (χ3v) is 2.44. The molecule has 0 saturated heterocycles. The standard InChI is InChI=1S/C9H16NO6P/c1-3-16-9(12)10(7-17(13)14)6-4-5-8(11)15-2/h3-7H2,1-2H3/p+1. The molecule has 1 amide bonds. The number of hydrogen-bond acceptors (Lipinski definition) is 5. The van der Waals surface area contributed by atoms with E-state index < -0.39 is 14.1 Å². The number of rotatable bonds is 7. The molecule has 1 N–H and O–H groups in total. The summed E-state index contributed by atoms with van der Waals surface area (Å²) < 4.78 is 19.8. The highest BCUT2D eigenvalue weighted by Gasteiger charge is 2.24. The first-order valence-corrected chi connectivity index (χ1v) is 6.53. The molecular formula is C9H17NO6P+. The summed E-state index contributed by atoms with van der Waals surface area (Å²) in [5, 5.41) is 0. The first-order chi connectivity index (χ1) is 8.01. The van der Waals surface area contributed by atoms with E-state index in [0.717, 1.165) is 4.90 Å². The van der Waals surface area contributed by atoms with Crippen molar-refractivity contribution in [3.8, 4) is 0 Å². The topological polar surface area (TPSA) is 93.1 Å². The van der Waals surface area contributed by atoms with Gasteiger partial charge in [0.15, 0.2) is 0 Å². The summed E-state index contributed by atoms with van der Waals surface area (Å²) in [6.07, 6.45) is -0.451. The Hall–Kier alpha value is -1.20. The fraction of sp³-hybridized carbons (Fsp3) is 0.778. The summed E-state index contributed by atoms with van der Waals surface area (Å²) in [6, 6.07) is 0. The van der Waals surface area contributed by atoms with E-state index in [9.17, 15) is 14.2 Å². The van der Waals surface area contributed by atoms with Crippen molar-refractivity contribution in [1.82, 2.24) is 4.90 Å². The summed E-state index contributed by atoms with van der Waals surface area (Å²) in [7, 11) is -1.19. The van der Waals surface area contributed by atoms with Gasteiger partial charge in [0.2, 0.25) is 0 Å². The van der Waals surface area contributed by atoms with Crippen LogP contribution in [0, 0.1) is 0 Å². The predicted molar refractivity (Wildman–Crippen MR) is 59.7 cm³/mol. The van der Waals surface area contributed by atoms with Crippen molar-refractivity contribution in [3.05, 3.63) is 0 Å².